The van der Waals surface area contributed by atoms with Crippen LogP contribution in [0.3, 0.4) is 0 Å². The fourth-order valence-corrected chi connectivity index (χ4v) is 3.17. The maximum atomic E-state index is 4.77. The molecule has 0 amide bonds. The van der Waals surface area contributed by atoms with Gasteiger partial charge in [0.05, 0.1) is 0 Å². The molecule has 0 aliphatic carbocycles. The Kier molecular flexibility index (Phi) is 5.71. The molecule has 1 saturated heterocycles. The van der Waals surface area contributed by atoms with Gasteiger partial charge in [-0.15, -0.1) is 0 Å². The van der Waals surface area contributed by atoms with Crippen LogP contribution in [0.2, 0.25) is 6.32 Å². The number of thiol groups is 1. The zero-order valence-corrected chi connectivity index (χ0v) is 15.9. The minimum Gasteiger partial charge on any atom is -0.306 e. The second-order valence-electron chi connectivity index (χ2n) is 8.26. The Morgan fingerprint density at radius 2 is 1.64 bits per heavy atom. The van der Waals surface area contributed by atoms with Crippen molar-refractivity contribution < 1.29 is 0 Å². The van der Waals surface area contributed by atoms with Gasteiger partial charge in [-0.1, -0.05) is 63.7 Å². The van der Waals surface area contributed by atoms with Gasteiger partial charge in [-0.3, -0.25) is 0 Å². The minimum atomic E-state index is 0.0566. The SMILES string of the molecule is CN1CCC(c2ccc(BCC(C)(C)C(C)(C)S)cc2)CC1. The lowest BCUT2D eigenvalue weighted by molar-refractivity contribution is 0.255. The van der Waals surface area contributed by atoms with E-state index in [1.54, 1.807) is 0 Å². The van der Waals surface area contributed by atoms with Crippen molar-refractivity contribution in [1.29, 1.82) is 0 Å². The Morgan fingerprint density at radius 3 is 2.14 bits per heavy atom. The maximum Gasteiger partial charge on any atom is 0.158 e. The highest BCUT2D eigenvalue weighted by Gasteiger charge is 2.33. The first-order valence-electron chi connectivity index (χ1n) is 8.69. The Bertz CT molecular complexity index is 467. The van der Waals surface area contributed by atoms with Crippen LogP contribution in [-0.4, -0.2) is 37.1 Å². The molecule has 1 aromatic rings. The summed E-state index contributed by atoms with van der Waals surface area (Å²) in [7, 11) is 3.37. The lowest BCUT2D eigenvalue weighted by atomic mass is 9.56. The van der Waals surface area contributed by atoms with Gasteiger partial charge in [0.2, 0.25) is 0 Å². The summed E-state index contributed by atoms with van der Waals surface area (Å²) in [6.07, 6.45) is 3.78. The Hall–Kier alpha value is -0.405. The summed E-state index contributed by atoms with van der Waals surface area (Å²) in [4.78, 5) is 2.44. The molecule has 0 aromatic heterocycles. The van der Waals surface area contributed by atoms with Gasteiger partial charge >= 0.3 is 0 Å². The van der Waals surface area contributed by atoms with E-state index in [4.69, 9.17) is 12.6 Å². The normalized spacial score (nSPS) is 18.5. The lowest BCUT2D eigenvalue weighted by Gasteiger charge is -2.38. The predicted molar refractivity (Wildman–Crippen MR) is 104 cm³/mol. The number of nitrogens with zero attached hydrogens (tertiary/aromatic N) is 1. The lowest BCUT2D eigenvalue weighted by Crippen LogP contribution is -2.36. The largest absolute Gasteiger partial charge is 0.306 e. The highest BCUT2D eigenvalue weighted by atomic mass is 32.1. The van der Waals surface area contributed by atoms with Crippen LogP contribution >= 0.6 is 12.6 Å². The van der Waals surface area contributed by atoms with Crippen LogP contribution in [0.25, 0.3) is 0 Å². The number of likely N-dealkylation sites (tertiary alicyclic amines) is 1. The number of hydrogen-bond donors (Lipinski definition) is 1. The van der Waals surface area contributed by atoms with Crippen molar-refractivity contribution in [1.82, 2.24) is 4.90 Å². The number of rotatable bonds is 5. The molecule has 1 nitrogen and oxygen atoms in total. The molecule has 1 fully saturated rings. The average Bonchev–Trinajstić information content (AvgIpc) is 2.45. The molecule has 0 radical (unpaired) electrons. The first kappa shape index (κ1) is 17.9. The molecule has 1 aromatic carbocycles. The van der Waals surface area contributed by atoms with E-state index in [0.717, 1.165) is 13.2 Å². The van der Waals surface area contributed by atoms with Gasteiger partial charge in [0.25, 0.3) is 0 Å². The fourth-order valence-electron chi connectivity index (χ4n) is 3.06. The first-order valence-corrected chi connectivity index (χ1v) is 9.13. The molecule has 1 aliphatic heterocycles. The van der Waals surface area contributed by atoms with Crippen LogP contribution < -0.4 is 5.46 Å². The number of hydrogen-bond acceptors (Lipinski definition) is 2. The summed E-state index contributed by atoms with van der Waals surface area (Å²) in [6, 6.07) is 9.42. The van der Waals surface area contributed by atoms with E-state index in [9.17, 15) is 0 Å². The highest BCUT2D eigenvalue weighted by Crippen LogP contribution is 2.38. The van der Waals surface area contributed by atoms with Crippen LogP contribution in [0.1, 0.15) is 52.0 Å². The van der Waals surface area contributed by atoms with Crippen molar-refractivity contribution in [3.63, 3.8) is 0 Å². The molecule has 1 aliphatic rings. The zero-order valence-electron chi connectivity index (χ0n) is 15.0. The first-order chi connectivity index (χ1) is 10.2. The third-order valence-electron chi connectivity index (χ3n) is 5.86. The van der Waals surface area contributed by atoms with Crippen LogP contribution in [0.4, 0.5) is 0 Å². The van der Waals surface area contributed by atoms with E-state index in [1.165, 1.54) is 43.3 Å². The van der Waals surface area contributed by atoms with Crippen LogP contribution in [0.5, 0.6) is 0 Å². The van der Waals surface area contributed by atoms with Gasteiger partial charge in [-0.2, -0.15) is 12.6 Å². The summed E-state index contributed by atoms with van der Waals surface area (Å²) >= 11 is 4.77. The standard InChI is InChI=1S/C19H32BNS/c1-18(2,19(3,4)22)14-20-17-8-6-15(7-9-17)16-10-12-21(5)13-11-16/h6-9,16,20,22H,10-14H2,1-5H3. The third-order valence-corrected chi connectivity index (χ3v) is 6.47. The molecule has 0 bridgehead atoms. The van der Waals surface area contributed by atoms with Gasteiger partial charge in [0, 0.05) is 4.75 Å². The molecule has 0 spiro atoms. The molecular weight excluding hydrogens is 285 g/mol. The van der Waals surface area contributed by atoms with E-state index in [-0.39, 0.29) is 10.2 Å². The maximum absolute atomic E-state index is 4.77. The van der Waals surface area contributed by atoms with Gasteiger partial charge in [-0.05, 0) is 49.9 Å². The molecule has 0 unspecified atom stereocenters. The monoisotopic (exact) mass is 317 g/mol. The van der Waals surface area contributed by atoms with E-state index in [1.807, 2.05) is 0 Å². The van der Waals surface area contributed by atoms with E-state index >= 15 is 0 Å². The zero-order chi connectivity index (χ0) is 16.4. The second-order valence-corrected chi connectivity index (χ2v) is 9.38. The quantitative estimate of drug-likeness (QED) is 0.640. The van der Waals surface area contributed by atoms with E-state index in [2.05, 4.69) is 63.9 Å². The second kappa shape index (κ2) is 7.01. The van der Waals surface area contributed by atoms with Crippen LogP contribution in [0, 0.1) is 5.41 Å². The van der Waals surface area contributed by atoms with Gasteiger partial charge in [-0.25, -0.2) is 0 Å². The minimum absolute atomic E-state index is 0.0566. The van der Waals surface area contributed by atoms with Gasteiger partial charge < -0.3 is 4.90 Å². The topological polar surface area (TPSA) is 3.24 Å². The summed E-state index contributed by atoms with van der Waals surface area (Å²) in [6.45, 7) is 11.6. The van der Waals surface area contributed by atoms with E-state index in [0.29, 0.717) is 0 Å². The molecule has 1 heterocycles. The molecule has 0 saturated carbocycles. The number of benzene rings is 1. The summed E-state index contributed by atoms with van der Waals surface area (Å²) in [5, 5.41) is 0. The van der Waals surface area contributed by atoms with Crippen molar-refractivity contribution in [2.75, 3.05) is 20.1 Å². The molecule has 2 rings (SSSR count). The van der Waals surface area contributed by atoms with Crippen LogP contribution in [0.15, 0.2) is 24.3 Å². The molecule has 3 heteroatoms. The average molecular weight is 317 g/mol. The molecule has 0 N–H and O–H groups in total. The fraction of sp³-hybridized carbons (Fsp3) is 0.684. The van der Waals surface area contributed by atoms with Crippen molar-refractivity contribution in [2.24, 2.45) is 5.41 Å². The summed E-state index contributed by atoms with van der Waals surface area (Å²) in [5.41, 5.74) is 3.23. The molecule has 122 valence electrons. The van der Waals surface area contributed by atoms with Crippen molar-refractivity contribution >= 4 is 25.4 Å². The van der Waals surface area contributed by atoms with Crippen molar-refractivity contribution in [2.45, 2.75) is 57.5 Å². The van der Waals surface area contributed by atoms with Crippen molar-refractivity contribution in [3.05, 3.63) is 29.8 Å². The predicted octanol–water partition coefficient (Wildman–Crippen LogP) is 3.71. The van der Waals surface area contributed by atoms with Crippen LogP contribution in [-0.2, 0) is 0 Å². The Balaban J connectivity index is 1.92. The smallest absolute Gasteiger partial charge is 0.158 e. The highest BCUT2D eigenvalue weighted by molar-refractivity contribution is 7.81. The molecule has 22 heavy (non-hydrogen) atoms. The van der Waals surface area contributed by atoms with Gasteiger partial charge in [0.1, 0.15) is 0 Å². The Labute approximate surface area is 143 Å². The summed E-state index contributed by atoms with van der Waals surface area (Å²) < 4.78 is 0.0566. The third kappa shape index (κ3) is 4.55. The van der Waals surface area contributed by atoms with Gasteiger partial charge in [0.15, 0.2) is 7.28 Å². The Morgan fingerprint density at radius 1 is 1.09 bits per heavy atom. The van der Waals surface area contributed by atoms with E-state index < -0.39 is 0 Å². The summed E-state index contributed by atoms with van der Waals surface area (Å²) in [5.74, 6) is 0.762. The molecular formula is C19H32BNS. The van der Waals surface area contributed by atoms with Crippen molar-refractivity contribution in [3.8, 4) is 0 Å². The number of piperidine rings is 1. The molecule has 0 atom stereocenters.